The summed E-state index contributed by atoms with van der Waals surface area (Å²) in [6.07, 6.45) is 0.0801. The van der Waals surface area contributed by atoms with E-state index in [1.54, 1.807) is 26.4 Å². The van der Waals surface area contributed by atoms with Gasteiger partial charge in [-0.05, 0) is 19.1 Å². The number of hydrogen-bond acceptors (Lipinski definition) is 4. The Hall–Kier alpha value is -1.73. The van der Waals surface area contributed by atoms with Crippen LogP contribution in [0.3, 0.4) is 0 Å². The Morgan fingerprint density at radius 3 is 2.75 bits per heavy atom. The summed E-state index contributed by atoms with van der Waals surface area (Å²) in [7, 11) is 3.24. The third kappa shape index (κ3) is 2.88. The average molecular weight is 220 g/mol. The molecule has 86 valence electrons. The van der Waals surface area contributed by atoms with Gasteiger partial charge in [0.15, 0.2) is 0 Å². The highest BCUT2D eigenvalue weighted by Crippen LogP contribution is 2.27. The number of benzene rings is 1. The van der Waals surface area contributed by atoms with Gasteiger partial charge in [-0.3, -0.25) is 0 Å². The van der Waals surface area contributed by atoms with E-state index in [1.807, 2.05) is 13.0 Å². The first-order valence-electron chi connectivity index (χ1n) is 5.06. The molecule has 0 aliphatic carbocycles. The summed E-state index contributed by atoms with van der Waals surface area (Å²) < 4.78 is 10.3. The molecule has 0 aliphatic heterocycles. The molecule has 1 rings (SSSR count). The highest BCUT2D eigenvalue weighted by Gasteiger charge is 2.09. The molecule has 0 aromatic heterocycles. The minimum absolute atomic E-state index is 0.0801. The molecule has 0 spiro atoms. The first kappa shape index (κ1) is 12.3. The van der Waals surface area contributed by atoms with Crippen LogP contribution in [0.2, 0.25) is 0 Å². The van der Waals surface area contributed by atoms with E-state index in [0.29, 0.717) is 17.9 Å². The molecule has 1 atom stereocenters. The van der Waals surface area contributed by atoms with Gasteiger partial charge >= 0.3 is 0 Å². The van der Waals surface area contributed by atoms with Crippen molar-refractivity contribution in [3.63, 3.8) is 0 Å². The van der Waals surface area contributed by atoms with Crippen LogP contribution in [-0.2, 0) is 4.74 Å². The monoisotopic (exact) mass is 220 g/mol. The van der Waals surface area contributed by atoms with Crippen molar-refractivity contribution in [2.24, 2.45) is 0 Å². The molecule has 1 aromatic carbocycles. The highest BCUT2D eigenvalue weighted by atomic mass is 16.5. The van der Waals surface area contributed by atoms with E-state index < -0.39 is 0 Å². The summed E-state index contributed by atoms with van der Waals surface area (Å²) in [5.74, 6) is 0.669. The predicted octanol–water partition coefficient (Wildman–Crippen LogP) is 2.01. The molecule has 4 heteroatoms. The van der Waals surface area contributed by atoms with Crippen molar-refractivity contribution in [2.45, 2.75) is 13.0 Å². The van der Waals surface area contributed by atoms with Crippen molar-refractivity contribution in [3.8, 4) is 11.8 Å². The maximum absolute atomic E-state index is 8.98. The molecule has 0 heterocycles. The molecule has 1 aromatic rings. The summed E-state index contributed by atoms with van der Waals surface area (Å²) >= 11 is 0. The third-order valence-electron chi connectivity index (χ3n) is 2.34. The standard InChI is InChI=1S/C12H16N2O2/c1-9(15-2)8-14-12-10(7-13)5-4-6-11(12)16-3/h4-6,9,14H,8H2,1-3H3. The van der Waals surface area contributed by atoms with E-state index in [1.165, 1.54) is 0 Å². The van der Waals surface area contributed by atoms with Crippen LogP contribution < -0.4 is 10.1 Å². The summed E-state index contributed by atoms with van der Waals surface area (Å²) in [6.45, 7) is 2.58. The topological polar surface area (TPSA) is 54.3 Å². The fraction of sp³-hybridized carbons (Fsp3) is 0.417. The molecule has 0 fully saturated rings. The zero-order valence-corrected chi connectivity index (χ0v) is 9.78. The van der Waals surface area contributed by atoms with Crippen molar-refractivity contribution >= 4 is 5.69 Å². The SMILES string of the molecule is COc1cccc(C#N)c1NCC(C)OC. The van der Waals surface area contributed by atoms with Crippen molar-refractivity contribution in [3.05, 3.63) is 23.8 Å². The van der Waals surface area contributed by atoms with Crippen molar-refractivity contribution in [1.82, 2.24) is 0 Å². The number of nitrogens with one attached hydrogen (secondary N) is 1. The van der Waals surface area contributed by atoms with E-state index in [9.17, 15) is 0 Å². The second kappa shape index (κ2) is 5.99. The van der Waals surface area contributed by atoms with Crippen LogP contribution in [0.15, 0.2) is 18.2 Å². The quantitative estimate of drug-likeness (QED) is 0.824. The van der Waals surface area contributed by atoms with Crippen molar-refractivity contribution < 1.29 is 9.47 Å². The Balaban J connectivity index is 2.88. The van der Waals surface area contributed by atoms with E-state index in [0.717, 1.165) is 5.69 Å². The number of para-hydroxylation sites is 1. The third-order valence-corrected chi connectivity index (χ3v) is 2.34. The maximum atomic E-state index is 8.98. The summed E-state index contributed by atoms with van der Waals surface area (Å²) in [5.41, 5.74) is 1.29. The fourth-order valence-corrected chi connectivity index (χ4v) is 1.31. The molecule has 0 radical (unpaired) electrons. The Kier molecular flexibility index (Phi) is 4.62. The molecule has 0 amide bonds. The van der Waals surface area contributed by atoms with E-state index in [2.05, 4.69) is 11.4 Å². The number of nitrogens with zero attached hydrogens (tertiary/aromatic N) is 1. The number of rotatable bonds is 5. The fourth-order valence-electron chi connectivity index (χ4n) is 1.31. The smallest absolute Gasteiger partial charge is 0.143 e. The molecule has 0 aliphatic rings. The summed E-state index contributed by atoms with van der Waals surface area (Å²) in [6, 6.07) is 7.50. The van der Waals surface area contributed by atoms with Gasteiger partial charge in [0.05, 0.1) is 24.5 Å². The molecular weight excluding hydrogens is 204 g/mol. The van der Waals surface area contributed by atoms with Gasteiger partial charge in [0.25, 0.3) is 0 Å². The number of hydrogen-bond donors (Lipinski definition) is 1. The van der Waals surface area contributed by atoms with Crippen LogP contribution in [0.4, 0.5) is 5.69 Å². The van der Waals surface area contributed by atoms with E-state index in [-0.39, 0.29) is 6.10 Å². The number of nitriles is 1. The molecule has 0 saturated heterocycles. The molecular formula is C12H16N2O2. The number of anilines is 1. The molecule has 1 unspecified atom stereocenters. The van der Waals surface area contributed by atoms with Gasteiger partial charge in [-0.1, -0.05) is 6.07 Å². The second-order valence-corrected chi connectivity index (χ2v) is 3.42. The van der Waals surface area contributed by atoms with Gasteiger partial charge in [-0.2, -0.15) is 5.26 Å². The molecule has 4 nitrogen and oxygen atoms in total. The van der Waals surface area contributed by atoms with Crippen LogP contribution >= 0.6 is 0 Å². The van der Waals surface area contributed by atoms with Gasteiger partial charge in [-0.25, -0.2) is 0 Å². The molecule has 0 bridgehead atoms. The summed E-state index contributed by atoms with van der Waals surface area (Å²) in [5, 5.41) is 12.1. The van der Waals surface area contributed by atoms with Crippen molar-refractivity contribution in [1.29, 1.82) is 5.26 Å². The lowest BCUT2D eigenvalue weighted by molar-refractivity contribution is 0.128. The van der Waals surface area contributed by atoms with Gasteiger partial charge in [0.1, 0.15) is 11.8 Å². The first-order valence-corrected chi connectivity index (χ1v) is 5.06. The van der Waals surface area contributed by atoms with Crippen LogP contribution in [0.5, 0.6) is 5.75 Å². The van der Waals surface area contributed by atoms with Gasteiger partial charge < -0.3 is 14.8 Å². The Labute approximate surface area is 95.8 Å². The zero-order chi connectivity index (χ0) is 12.0. The van der Waals surface area contributed by atoms with E-state index in [4.69, 9.17) is 14.7 Å². The first-order chi connectivity index (χ1) is 7.72. The second-order valence-electron chi connectivity index (χ2n) is 3.42. The zero-order valence-electron chi connectivity index (χ0n) is 9.78. The normalized spacial score (nSPS) is 11.6. The predicted molar refractivity (Wildman–Crippen MR) is 62.7 cm³/mol. The lowest BCUT2D eigenvalue weighted by Gasteiger charge is -2.15. The van der Waals surface area contributed by atoms with Crippen molar-refractivity contribution in [2.75, 3.05) is 26.1 Å². The van der Waals surface area contributed by atoms with Crippen LogP contribution in [-0.4, -0.2) is 26.9 Å². The minimum Gasteiger partial charge on any atom is -0.495 e. The maximum Gasteiger partial charge on any atom is 0.143 e. The van der Waals surface area contributed by atoms with Crippen LogP contribution in [0.1, 0.15) is 12.5 Å². The van der Waals surface area contributed by atoms with Gasteiger partial charge in [0.2, 0.25) is 0 Å². The Morgan fingerprint density at radius 1 is 1.44 bits per heavy atom. The Bertz CT molecular complexity index is 385. The van der Waals surface area contributed by atoms with Gasteiger partial charge in [0, 0.05) is 13.7 Å². The van der Waals surface area contributed by atoms with Gasteiger partial charge in [-0.15, -0.1) is 0 Å². The van der Waals surface area contributed by atoms with E-state index >= 15 is 0 Å². The number of methoxy groups -OCH3 is 2. The van der Waals surface area contributed by atoms with Crippen LogP contribution in [0, 0.1) is 11.3 Å². The summed E-state index contributed by atoms with van der Waals surface area (Å²) in [4.78, 5) is 0. The highest BCUT2D eigenvalue weighted by molar-refractivity contribution is 5.66. The average Bonchev–Trinajstić information content (AvgIpc) is 2.35. The molecule has 0 saturated carbocycles. The molecule has 1 N–H and O–H groups in total. The Morgan fingerprint density at radius 2 is 2.19 bits per heavy atom. The lowest BCUT2D eigenvalue weighted by atomic mass is 10.1. The largest absolute Gasteiger partial charge is 0.495 e. The number of ether oxygens (including phenoxy) is 2. The lowest BCUT2D eigenvalue weighted by Crippen LogP contribution is -2.18. The molecule has 16 heavy (non-hydrogen) atoms. The minimum atomic E-state index is 0.0801. The van der Waals surface area contributed by atoms with Crippen LogP contribution in [0.25, 0.3) is 0 Å².